The molecule has 1 fully saturated rings. The number of fused-ring (bicyclic) bond motifs is 1. The Kier molecular flexibility index (Phi) is 8.98. The number of nitrogens with zero attached hydrogens (tertiary/aromatic N) is 3. The summed E-state index contributed by atoms with van der Waals surface area (Å²) in [5, 5.41) is 9.89. The van der Waals surface area contributed by atoms with Crippen LogP contribution in [0.5, 0.6) is 5.88 Å². The van der Waals surface area contributed by atoms with Crippen LogP contribution in [0.4, 0.5) is 0 Å². The molecule has 0 bridgehead atoms. The third-order valence-electron chi connectivity index (χ3n) is 7.59. The highest BCUT2D eigenvalue weighted by molar-refractivity contribution is 5.97. The molecule has 0 radical (unpaired) electrons. The summed E-state index contributed by atoms with van der Waals surface area (Å²) >= 11 is 0. The highest BCUT2D eigenvalue weighted by Crippen LogP contribution is 2.29. The fraction of sp³-hybridized carbons (Fsp3) is 0.500. The molecule has 2 heterocycles. The SMILES string of the molecule is C[C@@H]1CN([C@@H](C)CO)C(=O)c2cc(/C=C/c3ccccc3)cnc2O[C@H]1CN(C)C(=O)C1CCCCC1. The molecular formula is C30H39N3O4. The van der Waals surface area contributed by atoms with Crippen LogP contribution < -0.4 is 4.74 Å². The monoisotopic (exact) mass is 505 g/mol. The number of aliphatic hydroxyl groups excluding tert-OH is 1. The lowest BCUT2D eigenvalue weighted by Crippen LogP contribution is -2.51. The molecule has 2 amide bonds. The molecule has 0 spiro atoms. The van der Waals surface area contributed by atoms with Crippen LogP contribution in [0.15, 0.2) is 42.6 Å². The van der Waals surface area contributed by atoms with Gasteiger partial charge in [-0.3, -0.25) is 9.59 Å². The van der Waals surface area contributed by atoms with Crippen LogP contribution in [0, 0.1) is 11.8 Å². The summed E-state index contributed by atoms with van der Waals surface area (Å²) in [6.45, 7) is 4.56. The fourth-order valence-electron chi connectivity index (χ4n) is 5.21. The zero-order valence-electron chi connectivity index (χ0n) is 22.2. The summed E-state index contributed by atoms with van der Waals surface area (Å²) in [5.41, 5.74) is 2.20. The van der Waals surface area contributed by atoms with Gasteiger partial charge in [0.1, 0.15) is 11.7 Å². The third-order valence-corrected chi connectivity index (χ3v) is 7.59. The van der Waals surface area contributed by atoms with Gasteiger partial charge < -0.3 is 19.6 Å². The van der Waals surface area contributed by atoms with Gasteiger partial charge in [-0.05, 0) is 37.0 Å². The number of aliphatic hydroxyl groups is 1. The molecule has 1 N–H and O–H groups in total. The van der Waals surface area contributed by atoms with Gasteiger partial charge in [0.05, 0.1) is 19.2 Å². The van der Waals surface area contributed by atoms with E-state index < -0.39 is 0 Å². The average molecular weight is 506 g/mol. The Morgan fingerprint density at radius 3 is 2.59 bits per heavy atom. The van der Waals surface area contributed by atoms with Gasteiger partial charge in [-0.1, -0.05) is 68.7 Å². The number of amides is 2. The number of hydrogen-bond acceptors (Lipinski definition) is 5. The van der Waals surface area contributed by atoms with E-state index in [9.17, 15) is 14.7 Å². The molecule has 4 rings (SSSR count). The first kappa shape index (κ1) is 26.9. The van der Waals surface area contributed by atoms with Gasteiger partial charge in [0.15, 0.2) is 0 Å². The molecule has 7 nitrogen and oxygen atoms in total. The molecule has 1 aromatic heterocycles. The van der Waals surface area contributed by atoms with Gasteiger partial charge in [0, 0.05) is 31.6 Å². The zero-order chi connectivity index (χ0) is 26.4. The molecule has 1 aliphatic carbocycles. The molecule has 1 aliphatic heterocycles. The van der Waals surface area contributed by atoms with Crippen molar-refractivity contribution in [2.45, 2.75) is 58.1 Å². The van der Waals surface area contributed by atoms with Crippen LogP contribution in [0.1, 0.15) is 67.4 Å². The minimum atomic E-state index is -0.355. The lowest BCUT2D eigenvalue weighted by Gasteiger charge is -2.38. The molecule has 1 saturated carbocycles. The van der Waals surface area contributed by atoms with Crippen molar-refractivity contribution in [3.63, 3.8) is 0 Å². The molecule has 198 valence electrons. The number of pyridine rings is 1. The van der Waals surface area contributed by atoms with E-state index in [1.165, 1.54) is 6.42 Å². The third kappa shape index (κ3) is 6.58. The first-order chi connectivity index (χ1) is 17.9. The van der Waals surface area contributed by atoms with Crippen molar-refractivity contribution in [2.24, 2.45) is 11.8 Å². The Hall–Kier alpha value is -3.19. The highest BCUT2D eigenvalue weighted by Gasteiger charge is 2.35. The van der Waals surface area contributed by atoms with E-state index in [4.69, 9.17) is 4.74 Å². The van der Waals surface area contributed by atoms with Crippen LogP contribution in [0.3, 0.4) is 0 Å². The van der Waals surface area contributed by atoms with Crippen molar-refractivity contribution in [1.82, 2.24) is 14.8 Å². The van der Waals surface area contributed by atoms with Gasteiger partial charge >= 0.3 is 0 Å². The largest absolute Gasteiger partial charge is 0.472 e. The zero-order valence-corrected chi connectivity index (χ0v) is 22.2. The fourth-order valence-corrected chi connectivity index (χ4v) is 5.21. The van der Waals surface area contributed by atoms with Crippen molar-refractivity contribution in [2.75, 3.05) is 26.7 Å². The van der Waals surface area contributed by atoms with Crippen LogP contribution in [-0.4, -0.2) is 70.6 Å². The van der Waals surface area contributed by atoms with Gasteiger partial charge in [0.2, 0.25) is 11.8 Å². The van der Waals surface area contributed by atoms with Gasteiger partial charge in [-0.25, -0.2) is 4.98 Å². The Labute approximate surface area is 220 Å². The van der Waals surface area contributed by atoms with Crippen LogP contribution in [0.2, 0.25) is 0 Å². The summed E-state index contributed by atoms with van der Waals surface area (Å²) in [4.78, 5) is 34.8. The molecule has 1 aromatic carbocycles. The van der Waals surface area contributed by atoms with E-state index in [-0.39, 0.29) is 48.3 Å². The van der Waals surface area contributed by atoms with Crippen molar-refractivity contribution < 1.29 is 19.4 Å². The van der Waals surface area contributed by atoms with Crippen LogP contribution >= 0.6 is 0 Å². The second kappa shape index (κ2) is 12.4. The first-order valence-corrected chi connectivity index (χ1v) is 13.4. The second-order valence-electron chi connectivity index (χ2n) is 10.5. The maximum atomic E-state index is 13.6. The molecule has 2 aromatic rings. The van der Waals surface area contributed by atoms with Crippen molar-refractivity contribution in [3.05, 3.63) is 59.3 Å². The van der Waals surface area contributed by atoms with E-state index in [0.717, 1.165) is 36.8 Å². The van der Waals surface area contributed by atoms with Crippen molar-refractivity contribution in [3.8, 4) is 5.88 Å². The van der Waals surface area contributed by atoms with Crippen molar-refractivity contribution in [1.29, 1.82) is 0 Å². The molecule has 37 heavy (non-hydrogen) atoms. The number of aromatic nitrogens is 1. The molecule has 7 heteroatoms. The van der Waals surface area contributed by atoms with Gasteiger partial charge in [-0.15, -0.1) is 0 Å². The quantitative estimate of drug-likeness (QED) is 0.599. The van der Waals surface area contributed by atoms with Crippen LogP contribution in [-0.2, 0) is 4.79 Å². The predicted molar refractivity (Wildman–Crippen MR) is 145 cm³/mol. The number of hydrogen-bond donors (Lipinski definition) is 1. The van der Waals surface area contributed by atoms with E-state index in [0.29, 0.717) is 18.7 Å². The summed E-state index contributed by atoms with van der Waals surface area (Å²) in [7, 11) is 1.84. The minimum absolute atomic E-state index is 0.0628. The number of rotatable bonds is 7. The Morgan fingerprint density at radius 2 is 1.89 bits per heavy atom. The minimum Gasteiger partial charge on any atom is -0.472 e. The lowest BCUT2D eigenvalue weighted by atomic mass is 9.88. The lowest BCUT2D eigenvalue weighted by molar-refractivity contribution is -0.136. The maximum absolute atomic E-state index is 13.6. The van der Waals surface area contributed by atoms with E-state index in [1.807, 2.05) is 63.4 Å². The molecule has 2 aliphatic rings. The number of carbonyl (C=O) groups excluding carboxylic acids is 2. The van der Waals surface area contributed by atoms with E-state index >= 15 is 0 Å². The Balaban J connectivity index is 1.60. The summed E-state index contributed by atoms with van der Waals surface area (Å²) in [6, 6.07) is 11.4. The molecule has 0 saturated heterocycles. The van der Waals surface area contributed by atoms with E-state index in [2.05, 4.69) is 4.98 Å². The predicted octanol–water partition coefficient (Wildman–Crippen LogP) is 4.51. The standard InChI is InChI=1S/C30H39N3O4/c1-21-18-33(22(2)20-34)30(36)26-16-24(15-14-23-10-6-4-7-11-23)17-31-28(26)37-27(21)19-32(3)29(35)25-12-8-5-9-13-25/h4,6-7,10-11,14-17,21-22,25,27,34H,5,8-9,12-13,18-20H2,1-3H3/b15-14+/t21-,22+,27+/m1/s1. The second-order valence-corrected chi connectivity index (χ2v) is 10.5. The van der Waals surface area contributed by atoms with Gasteiger partial charge in [0.25, 0.3) is 5.91 Å². The van der Waals surface area contributed by atoms with E-state index in [1.54, 1.807) is 22.1 Å². The molecule has 3 atom stereocenters. The highest BCUT2D eigenvalue weighted by atomic mass is 16.5. The average Bonchev–Trinajstić information content (AvgIpc) is 2.94. The topological polar surface area (TPSA) is 83.0 Å². The summed E-state index contributed by atoms with van der Waals surface area (Å²) in [5.74, 6) is 0.249. The van der Waals surface area contributed by atoms with Crippen molar-refractivity contribution >= 4 is 24.0 Å². The number of benzene rings is 1. The maximum Gasteiger partial charge on any atom is 0.259 e. The first-order valence-electron chi connectivity index (χ1n) is 13.4. The summed E-state index contributed by atoms with van der Waals surface area (Å²) < 4.78 is 6.37. The molecule has 0 unspecified atom stereocenters. The van der Waals surface area contributed by atoms with Gasteiger partial charge in [-0.2, -0.15) is 0 Å². The Bertz CT molecular complexity index is 1100. The smallest absolute Gasteiger partial charge is 0.259 e. The summed E-state index contributed by atoms with van der Waals surface area (Å²) in [6.07, 6.45) is 10.6. The number of ether oxygens (including phenoxy) is 1. The number of carbonyl (C=O) groups is 2. The normalized spacial score (nSPS) is 21.6. The van der Waals surface area contributed by atoms with Crippen LogP contribution in [0.25, 0.3) is 12.2 Å². The molecular weight excluding hydrogens is 466 g/mol. The Morgan fingerprint density at radius 1 is 1.19 bits per heavy atom. The number of likely N-dealkylation sites (N-methyl/N-ethyl adjacent to an activating group) is 1.